The van der Waals surface area contributed by atoms with Gasteiger partial charge in [-0.3, -0.25) is 4.40 Å². The third-order valence-corrected chi connectivity index (χ3v) is 4.08. The van der Waals surface area contributed by atoms with Crippen LogP contribution in [-0.4, -0.2) is 23.0 Å². The van der Waals surface area contributed by atoms with Crippen molar-refractivity contribution < 1.29 is 17.9 Å². The molecule has 0 spiro atoms. The number of hydrogen-bond donors (Lipinski definition) is 1. The highest BCUT2D eigenvalue weighted by Crippen LogP contribution is 2.36. The quantitative estimate of drug-likeness (QED) is 0.750. The van der Waals surface area contributed by atoms with Crippen molar-refractivity contribution in [1.29, 1.82) is 0 Å². The van der Waals surface area contributed by atoms with Crippen molar-refractivity contribution in [2.45, 2.75) is 12.6 Å². The third kappa shape index (κ3) is 3.29. The second-order valence-electron chi connectivity index (χ2n) is 5.45. The van der Waals surface area contributed by atoms with Crippen molar-refractivity contribution in [3.8, 4) is 17.0 Å². The molecule has 0 bridgehead atoms. The summed E-state index contributed by atoms with van der Waals surface area (Å²) in [7, 11) is 1.52. The molecule has 0 aliphatic heterocycles. The Hall–Kier alpha value is -2.25. The number of hydrogen-bond acceptors (Lipinski definition) is 3. The van der Waals surface area contributed by atoms with Crippen LogP contribution in [-0.2, 0) is 12.6 Å². The van der Waals surface area contributed by atoms with Crippen LogP contribution in [0.4, 0.5) is 13.2 Å². The number of rotatable bonds is 4. The number of ether oxygens (including phenoxy) is 1. The number of nitrogens with zero attached hydrogens (tertiary/aromatic N) is 2. The fourth-order valence-electron chi connectivity index (χ4n) is 2.69. The van der Waals surface area contributed by atoms with Gasteiger partial charge in [0.2, 0.25) is 0 Å². The van der Waals surface area contributed by atoms with Gasteiger partial charge in [0.25, 0.3) is 0 Å². The first-order valence-electron chi connectivity index (χ1n) is 7.47. The summed E-state index contributed by atoms with van der Waals surface area (Å²) in [6.07, 6.45) is -3.10. The van der Waals surface area contributed by atoms with E-state index in [4.69, 9.17) is 22.1 Å². The van der Waals surface area contributed by atoms with Gasteiger partial charge in [-0.15, -0.1) is 0 Å². The normalized spacial score (nSPS) is 11.9. The fourth-order valence-corrected chi connectivity index (χ4v) is 2.94. The van der Waals surface area contributed by atoms with Crippen LogP contribution in [0.1, 0.15) is 11.3 Å². The molecule has 0 saturated heterocycles. The Morgan fingerprint density at radius 2 is 2.04 bits per heavy atom. The van der Waals surface area contributed by atoms with E-state index in [9.17, 15) is 13.2 Å². The number of halogens is 4. The van der Waals surface area contributed by atoms with Crippen LogP contribution in [0, 0.1) is 0 Å². The smallest absolute Gasteiger partial charge is 0.417 e. The van der Waals surface area contributed by atoms with Gasteiger partial charge in [0, 0.05) is 18.2 Å². The fraction of sp³-hybridized carbons (Fsp3) is 0.235. The van der Waals surface area contributed by atoms with E-state index in [0.29, 0.717) is 35.7 Å². The van der Waals surface area contributed by atoms with Gasteiger partial charge in [-0.25, -0.2) is 4.98 Å². The maximum atomic E-state index is 13.2. The zero-order valence-corrected chi connectivity index (χ0v) is 14.0. The summed E-state index contributed by atoms with van der Waals surface area (Å²) in [5.41, 5.74) is 6.83. The number of nitrogens with two attached hydrogens (primary N) is 1. The molecule has 0 saturated carbocycles. The maximum Gasteiger partial charge on any atom is 0.417 e. The first kappa shape index (κ1) is 17.6. The molecule has 8 heteroatoms. The number of imidazole rings is 1. The molecule has 0 fully saturated rings. The van der Waals surface area contributed by atoms with Gasteiger partial charge in [-0.1, -0.05) is 23.7 Å². The van der Waals surface area contributed by atoms with Gasteiger partial charge in [-0.05, 0) is 24.7 Å². The number of fused-ring (bicyclic) bond motifs is 1. The number of methoxy groups -OCH3 is 1. The molecule has 2 N–H and O–H groups in total. The molecule has 2 heterocycles. The highest BCUT2D eigenvalue weighted by Gasteiger charge is 2.32. The molecular weight excluding hydrogens is 355 g/mol. The van der Waals surface area contributed by atoms with Crippen molar-refractivity contribution in [1.82, 2.24) is 9.38 Å². The van der Waals surface area contributed by atoms with Crippen molar-refractivity contribution >= 4 is 17.2 Å². The molecule has 0 atom stereocenters. The molecule has 25 heavy (non-hydrogen) atoms. The molecule has 0 aliphatic carbocycles. The number of pyridine rings is 1. The average molecular weight is 370 g/mol. The lowest BCUT2D eigenvalue weighted by molar-refractivity contribution is -0.137. The van der Waals surface area contributed by atoms with Gasteiger partial charge in [0.15, 0.2) is 5.65 Å². The Balaban J connectivity index is 2.33. The molecular formula is C17H15ClF3N3O. The minimum absolute atomic E-state index is 0.0674. The van der Waals surface area contributed by atoms with Gasteiger partial charge in [-0.2, -0.15) is 13.2 Å². The van der Waals surface area contributed by atoms with E-state index in [1.165, 1.54) is 11.5 Å². The zero-order chi connectivity index (χ0) is 18.2. The summed E-state index contributed by atoms with van der Waals surface area (Å²) < 4.78 is 46.1. The lowest BCUT2D eigenvalue weighted by Gasteiger charge is -2.11. The molecule has 0 unspecified atom stereocenters. The summed E-state index contributed by atoms with van der Waals surface area (Å²) in [6.45, 7) is 0.310. The van der Waals surface area contributed by atoms with Gasteiger partial charge in [0.05, 0.1) is 29.1 Å². The summed E-state index contributed by atoms with van der Waals surface area (Å²) >= 11 is 6.06. The highest BCUT2D eigenvalue weighted by molar-refractivity contribution is 6.33. The van der Waals surface area contributed by atoms with Crippen LogP contribution in [0.15, 0.2) is 36.5 Å². The molecule has 1 aromatic carbocycles. The lowest BCUT2D eigenvalue weighted by atomic mass is 10.1. The van der Waals surface area contributed by atoms with Crippen LogP contribution in [0.25, 0.3) is 16.9 Å². The SMILES string of the molecule is COc1cccc(-c2c(CCN)nc3c(Cl)cc(C(F)(F)F)cn23)c1. The summed E-state index contributed by atoms with van der Waals surface area (Å²) in [5, 5.41) is -0.0674. The predicted molar refractivity (Wildman–Crippen MR) is 90.0 cm³/mol. The van der Waals surface area contributed by atoms with E-state index >= 15 is 0 Å². The lowest BCUT2D eigenvalue weighted by Crippen LogP contribution is -2.07. The van der Waals surface area contributed by atoms with Crippen molar-refractivity contribution in [3.63, 3.8) is 0 Å². The van der Waals surface area contributed by atoms with Crippen molar-refractivity contribution in [3.05, 3.63) is 52.8 Å². The molecule has 3 rings (SSSR count). The number of alkyl halides is 3. The molecule has 4 nitrogen and oxygen atoms in total. The van der Waals surface area contributed by atoms with E-state index in [1.54, 1.807) is 24.3 Å². The Labute approximate surface area is 147 Å². The van der Waals surface area contributed by atoms with Crippen molar-refractivity contribution in [2.24, 2.45) is 5.73 Å². The van der Waals surface area contributed by atoms with E-state index in [2.05, 4.69) is 4.98 Å². The molecule has 0 radical (unpaired) electrons. The van der Waals surface area contributed by atoms with Crippen LogP contribution in [0.5, 0.6) is 5.75 Å². The highest BCUT2D eigenvalue weighted by atomic mass is 35.5. The van der Waals surface area contributed by atoms with Gasteiger partial charge >= 0.3 is 6.18 Å². The maximum absolute atomic E-state index is 13.2. The Kier molecular flexibility index (Phi) is 4.62. The zero-order valence-electron chi connectivity index (χ0n) is 13.3. The van der Waals surface area contributed by atoms with E-state index in [0.717, 1.165) is 12.3 Å². The molecule has 0 amide bonds. The second kappa shape index (κ2) is 6.57. The van der Waals surface area contributed by atoms with E-state index < -0.39 is 11.7 Å². The summed E-state index contributed by atoms with van der Waals surface area (Å²) in [5.74, 6) is 0.587. The van der Waals surface area contributed by atoms with Crippen LogP contribution < -0.4 is 10.5 Å². The first-order valence-corrected chi connectivity index (χ1v) is 7.85. The molecule has 3 aromatic rings. The topological polar surface area (TPSA) is 52.5 Å². The Morgan fingerprint density at radius 1 is 1.28 bits per heavy atom. The van der Waals surface area contributed by atoms with E-state index in [-0.39, 0.29) is 10.7 Å². The van der Waals surface area contributed by atoms with Gasteiger partial charge < -0.3 is 10.5 Å². The summed E-state index contributed by atoms with van der Waals surface area (Å²) in [4.78, 5) is 4.40. The predicted octanol–water partition coefficient (Wildman–Crippen LogP) is 4.18. The number of benzene rings is 1. The first-order chi connectivity index (χ1) is 11.8. The minimum Gasteiger partial charge on any atom is -0.497 e. The summed E-state index contributed by atoms with van der Waals surface area (Å²) in [6, 6.07) is 7.90. The third-order valence-electron chi connectivity index (χ3n) is 3.80. The van der Waals surface area contributed by atoms with Gasteiger partial charge in [0.1, 0.15) is 5.75 Å². The molecule has 2 aromatic heterocycles. The van der Waals surface area contributed by atoms with E-state index in [1.807, 2.05) is 0 Å². The standard InChI is InChI=1S/C17H15ClF3N3O/c1-25-12-4-2-3-10(7-12)15-14(5-6-22)23-16-13(18)8-11(9-24(15)16)17(19,20)21/h2-4,7-9H,5-6,22H2,1H3. The second-order valence-corrected chi connectivity index (χ2v) is 5.85. The molecule has 132 valence electrons. The van der Waals surface area contributed by atoms with Crippen LogP contribution >= 0.6 is 11.6 Å². The average Bonchev–Trinajstić information content (AvgIpc) is 2.93. The largest absolute Gasteiger partial charge is 0.497 e. The Morgan fingerprint density at radius 3 is 2.68 bits per heavy atom. The number of aromatic nitrogens is 2. The molecule has 0 aliphatic rings. The monoisotopic (exact) mass is 369 g/mol. The van der Waals surface area contributed by atoms with Crippen molar-refractivity contribution in [2.75, 3.05) is 13.7 Å². The van der Waals surface area contributed by atoms with Crippen LogP contribution in [0.2, 0.25) is 5.02 Å². The minimum atomic E-state index is -4.51. The van der Waals surface area contributed by atoms with Crippen LogP contribution in [0.3, 0.4) is 0 Å². The Bertz CT molecular complexity index is 921.